The molecule has 5 N–H and O–H groups in total. The molecule has 1 amide bonds. The van der Waals surface area contributed by atoms with Crippen molar-refractivity contribution in [2.45, 2.75) is 0 Å². The average molecular weight is 302 g/mol. The summed E-state index contributed by atoms with van der Waals surface area (Å²) in [4.78, 5) is 15.2. The van der Waals surface area contributed by atoms with Crippen LogP contribution >= 0.6 is 0 Å². The van der Waals surface area contributed by atoms with E-state index < -0.39 is 5.91 Å². The van der Waals surface area contributed by atoms with Crippen molar-refractivity contribution in [1.29, 1.82) is 0 Å². The second-order valence-electron chi connectivity index (χ2n) is 4.49. The molecule has 0 radical (unpaired) electrons. The van der Waals surface area contributed by atoms with Crippen LogP contribution in [0.3, 0.4) is 0 Å². The molecule has 0 saturated heterocycles. The van der Waals surface area contributed by atoms with Crippen molar-refractivity contribution in [2.75, 3.05) is 31.4 Å². The minimum absolute atomic E-state index is 0.0880. The molecule has 0 aliphatic rings. The van der Waals surface area contributed by atoms with Crippen molar-refractivity contribution < 1.29 is 14.3 Å². The maximum absolute atomic E-state index is 11.1. The van der Waals surface area contributed by atoms with Gasteiger partial charge in [0.25, 0.3) is 5.91 Å². The molecular formula is C15H18N4O3. The summed E-state index contributed by atoms with van der Waals surface area (Å²) in [6, 6.07) is 10.6. The summed E-state index contributed by atoms with van der Waals surface area (Å²) in [6.45, 7) is 0.989. The molecule has 0 spiro atoms. The Kier molecular flexibility index (Phi) is 5.16. The average Bonchev–Trinajstić information content (AvgIpc) is 2.47. The van der Waals surface area contributed by atoms with Gasteiger partial charge in [0.05, 0.1) is 12.2 Å². The number of ether oxygens (including phenoxy) is 2. The zero-order valence-corrected chi connectivity index (χ0v) is 12.2. The summed E-state index contributed by atoms with van der Waals surface area (Å²) in [7, 11) is 1.62. The lowest BCUT2D eigenvalue weighted by atomic mass is 10.2. The van der Waals surface area contributed by atoms with E-state index in [4.69, 9.17) is 20.9 Å². The Morgan fingerprint density at radius 3 is 2.77 bits per heavy atom. The fraction of sp³-hybridized carbons (Fsp3) is 0.200. The molecule has 1 aromatic carbocycles. The van der Waals surface area contributed by atoms with Gasteiger partial charge in [-0.05, 0) is 24.3 Å². The van der Waals surface area contributed by atoms with Crippen molar-refractivity contribution >= 4 is 23.2 Å². The molecule has 0 fully saturated rings. The first-order valence-corrected chi connectivity index (χ1v) is 6.65. The number of amides is 1. The van der Waals surface area contributed by atoms with Gasteiger partial charge in [0.1, 0.15) is 24.0 Å². The molecule has 7 heteroatoms. The smallest absolute Gasteiger partial charge is 0.252 e. The van der Waals surface area contributed by atoms with Gasteiger partial charge in [-0.15, -0.1) is 0 Å². The molecule has 0 unspecified atom stereocenters. The van der Waals surface area contributed by atoms with Crippen LogP contribution in [0.5, 0.6) is 5.75 Å². The number of nitrogens with one attached hydrogen (secondary N) is 1. The number of hydrogen-bond donors (Lipinski definition) is 3. The number of rotatable bonds is 7. The largest absolute Gasteiger partial charge is 0.491 e. The van der Waals surface area contributed by atoms with Crippen LogP contribution in [-0.4, -0.2) is 31.2 Å². The lowest BCUT2D eigenvalue weighted by molar-refractivity contribution is 0.100. The summed E-state index contributed by atoms with van der Waals surface area (Å²) in [5.74, 6) is 0.704. The minimum atomic E-state index is -0.606. The molecule has 116 valence electrons. The van der Waals surface area contributed by atoms with Gasteiger partial charge in [0, 0.05) is 18.9 Å². The maximum Gasteiger partial charge on any atom is 0.252 e. The highest BCUT2D eigenvalue weighted by Crippen LogP contribution is 2.22. The molecule has 7 nitrogen and oxygen atoms in total. The molecule has 1 heterocycles. The highest BCUT2D eigenvalue weighted by atomic mass is 16.5. The monoisotopic (exact) mass is 302 g/mol. The van der Waals surface area contributed by atoms with Crippen molar-refractivity contribution in [3.63, 3.8) is 0 Å². The Hall–Kier alpha value is -2.80. The molecule has 1 aromatic heterocycles. The van der Waals surface area contributed by atoms with E-state index in [2.05, 4.69) is 10.3 Å². The standard InChI is InChI=1S/C15H18N4O3/c1-21-7-8-22-11-4-2-3-10(9-11)18-13-6-5-12(15(17)20)14(16)19-13/h2-6,9H,7-8H2,1H3,(H2,17,20)(H3,16,18,19). The third kappa shape index (κ3) is 4.10. The van der Waals surface area contributed by atoms with E-state index in [1.807, 2.05) is 24.3 Å². The number of carbonyl (C=O) groups is 1. The lowest BCUT2D eigenvalue weighted by Gasteiger charge is -2.10. The first-order chi connectivity index (χ1) is 10.6. The fourth-order valence-corrected chi connectivity index (χ4v) is 1.81. The number of primary amides is 1. The Labute approximate surface area is 128 Å². The Morgan fingerprint density at radius 2 is 2.09 bits per heavy atom. The van der Waals surface area contributed by atoms with Crippen molar-refractivity contribution in [3.8, 4) is 5.75 Å². The minimum Gasteiger partial charge on any atom is -0.491 e. The van der Waals surface area contributed by atoms with Crippen LogP contribution in [0.4, 0.5) is 17.3 Å². The highest BCUT2D eigenvalue weighted by molar-refractivity contribution is 5.97. The molecule has 2 rings (SSSR count). The number of nitrogens with two attached hydrogens (primary N) is 2. The van der Waals surface area contributed by atoms with Gasteiger partial charge < -0.3 is 26.3 Å². The van der Waals surface area contributed by atoms with Crippen molar-refractivity contribution in [1.82, 2.24) is 4.98 Å². The number of aromatic nitrogens is 1. The topological polar surface area (TPSA) is 112 Å². The van der Waals surface area contributed by atoms with Crippen molar-refractivity contribution in [3.05, 3.63) is 42.0 Å². The zero-order valence-electron chi connectivity index (χ0n) is 12.2. The molecule has 0 aliphatic heterocycles. The highest BCUT2D eigenvalue weighted by Gasteiger charge is 2.08. The van der Waals surface area contributed by atoms with Crippen LogP contribution in [0.25, 0.3) is 0 Å². The predicted molar refractivity (Wildman–Crippen MR) is 84.3 cm³/mol. The van der Waals surface area contributed by atoms with Gasteiger partial charge in [-0.3, -0.25) is 4.79 Å². The summed E-state index contributed by atoms with van der Waals surface area (Å²) in [6.07, 6.45) is 0. The number of hydrogen-bond acceptors (Lipinski definition) is 6. The fourth-order valence-electron chi connectivity index (χ4n) is 1.81. The molecule has 0 atom stereocenters. The van der Waals surface area contributed by atoms with Crippen molar-refractivity contribution in [2.24, 2.45) is 5.73 Å². The van der Waals surface area contributed by atoms with E-state index in [1.165, 1.54) is 6.07 Å². The van der Waals surface area contributed by atoms with Gasteiger partial charge in [0.15, 0.2) is 0 Å². The molecular weight excluding hydrogens is 284 g/mol. The zero-order chi connectivity index (χ0) is 15.9. The third-order valence-corrected chi connectivity index (χ3v) is 2.85. The Balaban J connectivity index is 2.08. The van der Waals surface area contributed by atoms with E-state index in [-0.39, 0.29) is 11.4 Å². The first-order valence-electron chi connectivity index (χ1n) is 6.65. The normalized spacial score (nSPS) is 10.2. The van der Waals surface area contributed by atoms with Gasteiger partial charge in [-0.25, -0.2) is 4.98 Å². The van der Waals surface area contributed by atoms with Crippen LogP contribution in [0, 0.1) is 0 Å². The van der Waals surface area contributed by atoms with E-state index >= 15 is 0 Å². The summed E-state index contributed by atoms with van der Waals surface area (Å²) in [5, 5.41) is 3.09. The van der Waals surface area contributed by atoms with E-state index in [0.717, 1.165) is 5.69 Å². The number of nitrogens with zero attached hydrogens (tertiary/aromatic N) is 1. The first kappa shape index (κ1) is 15.6. The quantitative estimate of drug-likeness (QED) is 0.669. The SMILES string of the molecule is COCCOc1cccc(Nc2ccc(C(N)=O)c(N)n2)c1. The molecule has 0 aliphatic carbocycles. The molecule has 0 bridgehead atoms. The number of pyridine rings is 1. The second-order valence-corrected chi connectivity index (χ2v) is 4.49. The Morgan fingerprint density at radius 1 is 1.27 bits per heavy atom. The number of methoxy groups -OCH3 is 1. The number of nitrogen functional groups attached to an aromatic ring is 1. The number of carbonyl (C=O) groups excluding carboxylic acids is 1. The van der Waals surface area contributed by atoms with E-state index in [9.17, 15) is 4.79 Å². The number of anilines is 3. The molecule has 22 heavy (non-hydrogen) atoms. The van der Waals surface area contributed by atoms with Gasteiger partial charge in [0.2, 0.25) is 0 Å². The third-order valence-electron chi connectivity index (χ3n) is 2.85. The maximum atomic E-state index is 11.1. The Bertz CT molecular complexity index is 661. The summed E-state index contributed by atoms with van der Waals surface area (Å²) in [5.41, 5.74) is 11.9. The van der Waals surface area contributed by atoms with E-state index in [1.54, 1.807) is 13.2 Å². The van der Waals surface area contributed by atoms with Gasteiger partial charge >= 0.3 is 0 Å². The van der Waals surface area contributed by atoms with Gasteiger partial charge in [-0.2, -0.15) is 0 Å². The lowest BCUT2D eigenvalue weighted by Crippen LogP contribution is -2.14. The van der Waals surface area contributed by atoms with Crippen LogP contribution in [0.2, 0.25) is 0 Å². The predicted octanol–water partition coefficient (Wildman–Crippen LogP) is 1.53. The second kappa shape index (κ2) is 7.28. The number of benzene rings is 1. The van der Waals surface area contributed by atoms with Crippen LogP contribution in [0.1, 0.15) is 10.4 Å². The summed E-state index contributed by atoms with van der Waals surface area (Å²) < 4.78 is 10.5. The van der Waals surface area contributed by atoms with E-state index in [0.29, 0.717) is 24.8 Å². The van der Waals surface area contributed by atoms with Crippen LogP contribution in [0.15, 0.2) is 36.4 Å². The molecule has 2 aromatic rings. The van der Waals surface area contributed by atoms with Crippen LogP contribution in [-0.2, 0) is 4.74 Å². The van der Waals surface area contributed by atoms with Crippen LogP contribution < -0.4 is 21.5 Å². The summed E-state index contributed by atoms with van der Waals surface area (Å²) >= 11 is 0. The molecule has 0 saturated carbocycles. The van der Waals surface area contributed by atoms with Gasteiger partial charge in [-0.1, -0.05) is 6.07 Å².